The van der Waals surface area contributed by atoms with Crippen molar-refractivity contribution in [1.29, 1.82) is 0 Å². The van der Waals surface area contributed by atoms with Gasteiger partial charge in [0.15, 0.2) is 0 Å². The summed E-state index contributed by atoms with van der Waals surface area (Å²) in [5.41, 5.74) is 1.00. The molecule has 19 heavy (non-hydrogen) atoms. The van der Waals surface area contributed by atoms with Gasteiger partial charge in [0.05, 0.1) is 19.6 Å². The largest absolute Gasteiger partial charge is 0.491 e. The summed E-state index contributed by atoms with van der Waals surface area (Å²) in [5, 5.41) is 3.02. The van der Waals surface area contributed by atoms with Crippen LogP contribution in [-0.4, -0.2) is 33.0 Å². The van der Waals surface area contributed by atoms with E-state index in [0.717, 1.165) is 11.3 Å². The summed E-state index contributed by atoms with van der Waals surface area (Å²) in [6.07, 6.45) is -5.09. The van der Waals surface area contributed by atoms with Gasteiger partial charge in [0.25, 0.3) is 0 Å². The Bertz CT molecular complexity index is 369. The van der Waals surface area contributed by atoms with Crippen molar-refractivity contribution >= 4 is 0 Å². The molecule has 6 heteroatoms. The van der Waals surface area contributed by atoms with Crippen molar-refractivity contribution in [3.63, 3.8) is 0 Å². The van der Waals surface area contributed by atoms with E-state index in [2.05, 4.69) is 5.32 Å². The maximum atomic E-state index is 11.8. The minimum Gasteiger partial charge on any atom is -0.491 e. The highest BCUT2D eigenvalue weighted by molar-refractivity contribution is 5.33. The monoisotopic (exact) mass is 277 g/mol. The molecule has 0 aliphatic carbocycles. The Kier molecular flexibility index (Phi) is 6.66. The van der Waals surface area contributed by atoms with Crippen LogP contribution < -0.4 is 10.1 Å². The van der Waals surface area contributed by atoms with Crippen LogP contribution in [0.3, 0.4) is 0 Å². The molecule has 0 aliphatic rings. The van der Waals surface area contributed by atoms with Crippen molar-refractivity contribution in [3.8, 4) is 5.75 Å². The van der Waals surface area contributed by atoms with Gasteiger partial charge in [0, 0.05) is 12.1 Å². The lowest BCUT2D eigenvalue weighted by Crippen LogP contribution is -2.15. The van der Waals surface area contributed by atoms with Gasteiger partial charge in [0.2, 0.25) is 0 Å². The van der Waals surface area contributed by atoms with Crippen LogP contribution in [0.1, 0.15) is 12.0 Å². The molecule has 0 heterocycles. The number of halogens is 3. The van der Waals surface area contributed by atoms with E-state index in [-0.39, 0.29) is 19.8 Å². The van der Waals surface area contributed by atoms with E-state index < -0.39 is 12.6 Å². The van der Waals surface area contributed by atoms with Crippen molar-refractivity contribution < 1.29 is 22.6 Å². The fourth-order valence-corrected chi connectivity index (χ4v) is 1.48. The van der Waals surface area contributed by atoms with Crippen LogP contribution in [0, 0.1) is 0 Å². The molecule has 0 bridgehead atoms. The van der Waals surface area contributed by atoms with E-state index in [1.807, 2.05) is 31.3 Å². The number of nitrogens with one attached hydrogen (secondary N) is 1. The molecular formula is C13H18F3NO2. The molecule has 0 aromatic heterocycles. The van der Waals surface area contributed by atoms with Gasteiger partial charge < -0.3 is 14.8 Å². The molecule has 0 fully saturated rings. The average molecular weight is 277 g/mol. The Morgan fingerprint density at radius 1 is 1.11 bits per heavy atom. The molecule has 0 saturated heterocycles. The Labute approximate surface area is 110 Å². The molecule has 0 aliphatic heterocycles. The number of ether oxygens (including phenoxy) is 2. The minimum absolute atomic E-state index is 0.143. The molecule has 108 valence electrons. The molecule has 0 saturated carbocycles. The first-order chi connectivity index (χ1) is 9.03. The predicted molar refractivity (Wildman–Crippen MR) is 66.2 cm³/mol. The molecule has 1 N–H and O–H groups in total. The summed E-state index contributed by atoms with van der Waals surface area (Å²) in [6.45, 7) is 0.721. The van der Waals surface area contributed by atoms with Gasteiger partial charge >= 0.3 is 6.18 Å². The van der Waals surface area contributed by atoms with E-state index in [1.54, 1.807) is 0 Å². The van der Waals surface area contributed by atoms with Crippen LogP contribution in [0.15, 0.2) is 24.3 Å². The summed E-state index contributed by atoms with van der Waals surface area (Å²) in [5.74, 6) is 0.719. The number of hydrogen-bond donors (Lipinski definition) is 1. The van der Waals surface area contributed by atoms with Crippen molar-refractivity contribution in [3.05, 3.63) is 29.8 Å². The smallest absolute Gasteiger partial charge is 0.391 e. The van der Waals surface area contributed by atoms with Gasteiger partial charge in [-0.15, -0.1) is 0 Å². The number of hydrogen-bond acceptors (Lipinski definition) is 3. The second kappa shape index (κ2) is 8.01. The van der Waals surface area contributed by atoms with Crippen LogP contribution in [0.25, 0.3) is 0 Å². The first-order valence-electron chi connectivity index (χ1n) is 6.03. The summed E-state index contributed by atoms with van der Waals surface area (Å²) in [7, 11) is 1.83. The average Bonchev–Trinajstić information content (AvgIpc) is 2.34. The normalized spacial score (nSPS) is 11.6. The molecule has 0 atom stereocenters. The van der Waals surface area contributed by atoms with Gasteiger partial charge in [-0.25, -0.2) is 0 Å². The summed E-state index contributed by atoms with van der Waals surface area (Å²) in [6, 6.07) is 7.50. The van der Waals surface area contributed by atoms with E-state index in [0.29, 0.717) is 6.54 Å². The van der Waals surface area contributed by atoms with Crippen LogP contribution in [0.2, 0.25) is 0 Å². The molecule has 0 radical (unpaired) electrons. The number of benzene rings is 1. The highest BCUT2D eigenvalue weighted by Crippen LogP contribution is 2.19. The predicted octanol–water partition coefficient (Wildman–Crippen LogP) is 2.75. The lowest BCUT2D eigenvalue weighted by atomic mass is 10.2. The second-order valence-electron chi connectivity index (χ2n) is 3.96. The van der Waals surface area contributed by atoms with Crippen molar-refractivity contribution in [2.75, 3.05) is 26.9 Å². The first kappa shape index (κ1) is 15.8. The maximum absolute atomic E-state index is 11.8. The Hall–Kier alpha value is -1.27. The third-order valence-corrected chi connectivity index (χ3v) is 2.35. The van der Waals surface area contributed by atoms with Crippen LogP contribution in [-0.2, 0) is 11.3 Å². The molecule has 1 aromatic carbocycles. The van der Waals surface area contributed by atoms with Crippen molar-refractivity contribution in [1.82, 2.24) is 5.32 Å². The number of para-hydroxylation sites is 1. The molecule has 1 aromatic rings. The Balaban J connectivity index is 2.22. The lowest BCUT2D eigenvalue weighted by molar-refractivity contribution is -0.145. The summed E-state index contributed by atoms with van der Waals surface area (Å²) < 4.78 is 45.9. The van der Waals surface area contributed by atoms with E-state index in [4.69, 9.17) is 9.47 Å². The maximum Gasteiger partial charge on any atom is 0.391 e. The molecule has 0 spiro atoms. The zero-order valence-electron chi connectivity index (χ0n) is 10.8. The van der Waals surface area contributed by atoms with E-state index >= 15 is 0 Å². The fourth-order valence-electron chi connectivity index (χ4n) is 1.48. The SMILES string of the molecule is CNCc1ccccc1OCCOCCC(F)(F)F. The second-order valence-corrected chi connectivity index (χ2v) is 3.96. The van der Waals surface area contributed by atoms with Gasteiger partial charge in [-0.2, -0.15) is 13.2 Å². The zero-order valence-corrected chi connectivity index (χ0v) is 10.8. The fraction of sp³-hybridized carbons (Fsp3) is 0.538. The highest BCUT2D eigenvalue weighted by atomic mass is 19.4. The van der Waals surface area contributed by atoms with Crippen LogP contribution in [0.4, 0.5) is 13.2 Å². The standard InChI is InChI=1S/C13H18F3NO2/c1-17-10-11-4-2-3-5-12(11)19-9-8-18-7-6-13(14,15)16/h2-5,17H,6-10H2,1H3. The summed E-state index contributed by atoms with van der Waals surface area (Å²) >= 11 is 0. The van der Waals surface area contributed by atoms with Gasteiger partial charge in [-0.3, -0.25) is 0 Å². The van der Waals surface area contributed by atoms with Gasteiger partial charge in [0.1, 0.15) is 12.4 Å². The van der Waals surface area contributed by atoms with Gasteiger partial charge in [-0.05, 0) is 13.1 Å². The topological polar surface area (TPSA) is 30.5 Å². The Morgan fingerprint density at radius 3 is 2.53 bits per heavy atom. The van der Waals surface area contributed by atoms with Crippen molar-refractivity contribution in [2.24, 2.45) is 0 Å². The number of rotatable bonds is 8. The quantitative estimate of drug-likeness (QED) is 0.741. The van der Waals surface area contributed by atoms with E-state index in [9.17, 15) is 13.2 Å². The minimum atomic E-state index is -4.17. The molecule has 0 amide bonds. The third kappa shape index (κ3) is 7.03. The lowest BCUT2D eigenvalue weighted by Gasteiger charge is -2.11. The third-order valence-electron chi connectivity index (χ3n) is 2.35. The number of alkyl halides is 3. The molecule has 0 unspecified atom stereocenters. The van der Waals surface area contributed by atoms with Crippen LogP contribution >= 0.6 is 0 Å². The molecular weight excluding hydrogens is 259 g/mol. The first-order valence-corrected chi connectivity index (χ1v) is 6.03. The molecule has 3 nitrogen and oxygen atoms in total. The summed E-state index contributed by atoms with van der Waals surface area (Å²) in [4.78, 5) is 0. The Morgan fingerprint density at radius 2 is 1.84 bits per heavy atom. The molecule has 1 rings (SSSR count). The van der Waals surface area contributed by atoms with E-state index in [1.165, 1.54) is 0 Å². The van der Waals surface area contributed by atoms with Crippen molar-refractivity contribution in [2.45, 2.75) is 19.1 Å². The van der Waals surface area contributed by atoms with Crippen LogP contribution in [0.5, 0.6) is 5.75 Å². The highest BCUT2D eigenvalue weighted by Gasteiger charge is 2.26. The zero-order chi connectivity index (χ0) is 14.1. The van der Waals surface area contributed by atoms with Gasteiger partial charge in [-0.1, -0.05) is 18.2 Å².